The molecule has 0 saturated carbocycles. The highest BCUT2D eigenvalue weighted by Gasteiger charge is 2.56. The third kappa shape index (κ3) is 5.73. The Hall–Kier alpha value is -4.69. The number of nitrogens with one attached hydrogen (secondary N) is 1. The van der Waals surface area contributed by atoms with Gasteiger partial charge in [0.15, 0.2) is 0 Å². The highest BCUT2D eigenvalue weighted by molar-refractivity contribution is 8.00. The van der Waals surface area contributed by atoms with Crippen LogP contribution in [0.1, 0.15) is 39.2 Å². The van der Waals surface area contributed by atoms with Crippen molar-refractivity contribution in [3.63, 3.8) is 0 Å². The molecule has 2 aliphatic heterocycles. The first-order valence-electron chi connectivity index (χ1n) is 14.0. The molecule has 3 atom stereocenters. The number of imide groups is 1. The molecule has 0 aliphatic carbocycles. The number of aromatic nitrogens is 1. The first kappa shape index (κ1) is 31.3. The van der Waals surface area contributed by atoms with Gasteiger partial charge in [-0.2, -0.15) is 13.2 Å². The monoisotopic (exact) mass is 667 g/mol. The largest absolute Gasteiger partial charge is 0.462 e. The molecule has 3 heterocycles. The molecular formula is C32H24F3N3O6S2. The summed E-state index contributed by atoms with van der Waals surface area (Å²) >= 11 is 1.87. The van der Waals surface area contributed by atoms with Crippen molar-refractivity contribution < 1.29 is 37.1 Å². The van der Waals surface area contributed by atoms with Gasteiger partial charge >= 0.3 is 17.0 Å². The molecule has 9 nitrogen and oxygen atoms in total. The normalized spacial score (nSPS) is 19.0. The van der Waals surface area contributed by atoms with Gasteiger partial charge in [-0.3, -0.25) is 23.7 Å². The number of anilines is 2. The van der Waals surface area contributed by atoms with Gasteiger partial charge in [-0.25, -0.2) is 9.69 Å². The van der Waals surface area contributed by atoms with E-state index in [0.29, 0.717) is 15.5 Å². The number of thiazole rings is 1. The topological polar surface area (TPSA) is 115 Å². The molecule has 1 N–H and O–H groups in total. The zero-order valence-corrected chi connectivity index (χ0v) is 25.6. The van der Waals surface area contributed by atoms with Crippen molar-refractivity contribution in [2.75, 3.05) is 16.8 Å². The van der Waals surface area contributed by atoms with Crippen LogP contribution in [0.5, 0.6) is 0 Å². The molecule has 2 aliphatic rings. The quantitative estimate of drug-likeness (QED) is 0.203. The number of hydrogen-bond donors (Lipinski definition) is 1. The Bertz CT molecular complexity index is 1910. The molecule has 0 radical (unpaired) electrons. The van der Waals surface area contributed by atoms with Crippen LogP contribution in [0.3, 0.4) is 0 Å². The highest BCUT2D eigenvalue weighted by atomic mass is 32.2. The molecule has 1 aromatic heterocycles. The third-order valence-corrected chi connectivity index (χ3v) is 10.2. The Labute approximate surface area is 268 Å². The Morgan fingerprint density at radius 3 is 2.33 bits per heavy atom. The zero-order chi connectivity index (χ0) is 32.7. The van der Waals surface area contributed by atoms with Gasteiger partial charge in [0.2, 0.25) is 17.7 Å². The summed E-state index contributed by atoms with van der Waals surface area (Å²) in [6.07, 6.45) is -4.61. The number of esters is 1. The number of carbonyl (C=O) groups excluding carboxylic acids is 4. The maximum absolute atomic E-state index is 14.0. The number of fused-ring (bicyclic) bond motifs is 2. The van der Waals surface area contributed by atoms with E-state index in [1.165, 1.54) is 34.9 Å². The van der Waals surface area contributed by atoms with Crippen LogP contribution in [0.4, 0.5) is 24.5 Å². The molecule has 4 aromatic rings. The van der Waals surface area contributed by atoms with Crippen LogP contribution in [-0.4, -0.2) is 40.1 Å². The van der Waals surface area contributed by atoms with E-state index in [4.69, 9.17) is 4.74 Å². The third-order valence-electron chi connectivity index (χ3n) is 7.62. The lowest BCUT2D eigenvalue weighted by molar-refractivity contribution is -0.137. The average Bonchev–Trinajstić information content (AvgIpc) is 3.47. The lowest BCUT2D eigenvalue weighted by atomic mass is 9.83. The Balaban J connectivity index is 1.34. The number of carbonyl (C=O) groups is 4. The first-order valence-corrected chi connectivity index (χ1v) is 15.7. The summed E-state index contributed by atoms with van der Waals surface area (Å²) in [5.41, 5.74) is 0.195. The second-order valence-electron chi connectivity index (χ2n) is 10.5. The molecule has 3 amide bonds. The number of ether oxygens (including phenoxy) is 1. The highest BCUT2D eigenvalue weighted by Crippen LogP contribution is 2.53. The minimum absolute atomic E-state index is 0.0898. The fourth-order valence-corrected chi connectivity index (χ4v) is 8.38. The summed E-state index contributed by atoms with van der Waals surface area (Å²) in [7, 11) is 0. The minimum Gasteiger partial charge on any atom is -0.462 e. The standard InChI is InChI=1S/C32H24F3N3O6S2/c1-2-44-30(42)18-11-13-21(14-12-18)38-27(40)24-23(17-7-4-3-5-8-17)26-29(45-25(24)28(38)41)37(31(43)46-26)16-22(39)36-20-10-6-9-19(15-20)32(33,34)35/h3-15,23-25H,2,16H2,1H3,(H,36,39)/t23-,24?,25?/m0/s1. The summed E-state index contributed by atoms with van der Waals surface area (Å²) in [4.78, 5) is 67.4. The molecule has 6 rings (SSSR count). The molecule has 1 saturated heterocycles. The van der Waals surface area contributed by atoms with Crippen molar-refractivity contribution in [2.45, 2.75) is 35.8 Å². The summed E-state index contributed by atoms with van der Waals surface area (Å²) < 4.78 is 45.7. The van der Waals surface area contributed by atoms with Crippen molar-refractivity contribution in [1.82, 2.24) is 4.57 Å². The van der Waals surface area contributed by atoms with Crippen molar-refractivity contribution in [2.24, 2.45) is 5.92 Å². The van der Waals surface area contributed by atoms with Gasteiger partial charge in [0.1, 0.15) is 11.8 Å². The summed E-state index contributed by atoms with van der Waals surface area (Å²) in [6, 6.07) is 19.0. The van der Waals surface area contributed by atoms with E-state index in [9.17, 15) is 37.1 Å². The maximum atomic E-state index is 14.0. The van der Waals surface area contributed by atoms with Crippen LogP contribution in [0.25, 0.3) is 0 Å². The SMILES string of the molecule is CCOC(=O)c1ccc(N2C(=O)C3Sc4c(sc(=O)n4CC(=O)Nc4cccc(C(F)(F)F)c4)[C@@H](c4ccccc4)C3C2=O)cc1. The van der Waals surface area contributed by atoms with E-state index in [2.05, 4.69) is 5.32 Å². The van der Waals surface area contributed by atoms with Crippen LogP contribution in [-0.2, 0) is 31.8 Å². The molecule has 236 valence electrons. The van der Waals surface area contributed by atoms with Crippen LogP contribution < -0.4 is 15.1 Å². The van der Waals surface area contributed by atoms with E-state index in [0.717, 1.165) is 46.2 Å². The van der Waals surface area contributed by atoms with E-state index in [1.54, 1.807) is 37.3 Å². The van der Waals surface area contributed by atoms with Gasteiger partial charge < -0.3 is 10.1 Å². The molecule has 1 fully saturated rings. The molecular weight excluding hydrogens is 643 g/mol. The zero-order valence-electron chi connectivity index (χ0n) is 23.9. The number of nitrogens with zero attached hydrogens (tertiary/aromatic N) is 2. The van der Waals surface area contributed by atoms with Crippen molar-refractivity contribution in [1.29, 1.82) is 0 Å². The summed E-state index contributed by atoms with van der Waals surface area (Å²) in [5, 5.41) is 1.81. The smallest absolute Gasteiger partial charge is 0.416 e. The van der Waals surface area contributed by atoms with Crippen LogP contribution in [0, 0.1) is 5.92 Å². The predicted molar refractivity (Wildman–Crippen MR) is 165 cm³/mol. The van der Waals surface area contributed by atoms with Crippen LogP contribution in [0.15, 0.2) is 88.7 Å². The Kier molecular flexibility index (Phi) is 8.33. The number of halogens is 3. The van der Waals surface area contributed by atoms with Crippen LogP contribution >= 0.6 is 23.1 Å². The van der Waals surface area contributed by atoms with Crippen LogP contribution in [0.2, 0.25) is 0 Å². The maximum Gasteiger partial charge on any atom is 0.416 e. The van der Waals surface area contributed by atoms with E-state index >= 15 is 0 Å². The summed E-state index contributed by atoms with van der Waals surface area (Å²) in [5.74, 6) is -3.83. The second-order valence-corrected chi connectivity index (χ2v) is 12.6. The number of hydrogen-bond acceptors (Lipinski definition) is 8. The number of rotatable bonds is 7. The number of thioether (sulfide) groups is 1. The molecule has 46 heavy (non-hydrogen) atoms. The minimum atomic E-state index is -4.61. The van der Waals surface area contributed by atoms with E-state index in [-0.39, 0.29) is 23.5 Å². The lowest BCUT2D eigenvalue weighted by Crippen LogP contribution is -2.33. The summed E-state index contributed by atoms with van der Waals surface area (Å²) in [6.45, 7) is 1.35. The van der Waals surface area contributed by atoms with E-state index < -0.39 is 63.9 Å². The van der Waals surface area contributed by atoms with Gasteiger partial charge in [0.25, 0.3) is 0 Å². The van der Waals surface area contributed by atoms with Gasteiger partial charge in [0.05, 0.1) is 34.4 Å². The lowest BCUT2D eigenvalue weighted by Gasteiger charge is -2.30. The molecule has 3 aromatic carbocycles. The Morgan fingerprint density at radius 1 is 0.935 bits per heavy atom. The van der Waals surface area contributed by atoms with Crippen molar-refractivity contribution in [3.8, 4) is 0 Å². The molecule has 14 heteroatoms. The van der Waals surface area contributed by atoms with E-state index in [1.807, 2.05) is 0 Å². The molecule has 2 unspecified atom stereocenters. The molecule has 0 spiro atoms. The number of benzene rings is 3. The number of amides is 3. The van der Waals surface area contributed by atoms with Crippen molar-refractivity contribution in [3.05, 3.63) is 110 Å². The first-order chi connectivity index (χ1) is 22.0. The Morgan fingerprint density at radius 2 is 1.65 bits per heavy atom. The second kappa shape index (κ2) is 12.2. The van der Waals surface area contributed by atoms with Gasteiger partial charge in [0, 0.05) is 16.5 Å². The van der Waals surface area contributed by atoms with Gasteiger partial charge in [-0.15, -0.1) is 0 Å². The van der Waals surface area contributed by atoms with Gasteiger partial charge in [-0.1, -0.05) is 59.5 Å². The number of alkyl halides is 3. The fraction of sp³-hybridized carbons (Fsp3) is 0.219. The fourth-order valence-electron chi connectivity index (χ4n) is 5.61. The van der Waals surface area contributed by atoms with Crippen molar-refractivity contribution >= 4 is 58.2 Å². The predicted octanol–water partition coefficient (Wildman–Crippen LogP) is 5.54. The average molecular weight is 668 g/mol. The molecule has 0 bridgehead atoms. The van der Waals surface area contributed by atoms with Gasteiger partial charge in [-0.05, 0) is 55.0 Å².